The minimum Gasteiger partial charge on any atom is -0.376 e. The largest absolute Gasteiger partial charge is 0.376 e. The molecular formula is C20H23F2N3O4. The summed E-state index contributed by atoms with van der Waals surface area (Å²) < 4.78 is 32.4. The van der Waals surface area contributed by atoms with Crippen LogP contribution in [0.2, 0.25) is 0 Å². The van der Waals surface area contributed by atoms with E-state index in [4.69, 9.17) is 9.57 Å². The number of hydrogen-bond donors (Lipinski definition) is 2. The number of hydrogen-bond acceptors (Lipinski definition) is 5. The highest BCUT2D eigenvalue weighted by molar-refractivity contribution is 5.95. The van der Waals surface area contributed by atoms with E-state index in [1.54, 1.807) is 6.08 Å². The maximum Gasteiger partial charge on any atom is 0.269 e. The van der Waals surface area contributed by atoms with Gasteiger partial charge in [-0.2, -0.15) is 0 Å². The van der Waals surface area contributed by atoms with Crippen molar-refractivity contribution < 1.29 is 27.9 Å². The number of halogens is 2. The molecule has 1 atom stereocenters. The molecule has 1 aromatic carbocycles. The van der Waals surface area contributed by atoms with Gasteiger partial charge in [-0.05, 0) is 31.1 Å². The van der Waals surface area contributed by atoms with Crippen LogP contribution in [0.25, 0.3) is 0 Å². The van der Waals surface area contributed by atoms with E-state index in [0.29, 0.717) is 44.2 Å². The first-order chi connectivity index (χ1) is 14.0. The Morgan fingerprint density at radius 2 is 2.07 bits per heavy atom. The minimum absolute atomic E-state index is 0.0527. The fraction of sp³-hybridized carbons (Fsp3) is 0.500. The molecule has 29 heavy (non-hydrogen) atoms. The first kappa shape index (κ1) is 19.8. The van der Waals surface area contributed by atoms with Gasteiger partial charge < -0.3 is 15.0 Å². The number of benzene rings is 1. The summed E-state index contributed by atoms with van der Waals surface area (Å²) in [4.78, 5) is 32.0. The highest BCUT2D eigenvalue weighted by Gasteiger charge is 2.41. The second-order valence-corrected chi connectivity index (χ2v) is 7.59. The third-order valence-corrected chi connectivity index (χ3v) is 5.59. The Bertz CT molecular complexity index is 831. The summed E-state index contributed by atoms with van der Waals surface area (Å²) in [6, 6.07) is 2.92. The number of nitrogens with zero attached hydrogens (tertiary/aromatic N) is 1. The Balaban J connectivity index is 1.33. The van der Waals surface area contributed by atoms with Crippen LogP contribution in [0.1, 0.15) is 36.0 Å². The molecule has 1 unspecified atom stereocenters. The van der Waals surface area contributed by atoms with Gasteiger partial charge in [0.1, 0.15) is 22.9 Å². The third kappa shape index (κ3) is 4.25. The first-order valence-electron chi connectivity index (χ1n) is 9.77. The standard InChI is InChI=1S/C20H23F2N3O4/c21-13-3-4-15(16(22)10-13)19(27)25-7-5-20(6-8-25)11-17(24-29-20)18(26)23-12-14-2-1-9-28-14/h3-4,10-11,14,24H,1-2,5-9,12H2,(H,23,26). The summed E-state index contributed by atoms with van der Waals surface area (Å²) in [6.07, 6.45) is 4.65. The maximum atomic E-state index is 13.9. The highest BCUT2D eigenvalue weighted by atomic mass is 19.1. The van der Waals surface area contributed by atoms with Gasteiger partial charge in [-0.15, -0.1) is 0 Å². The Hall–Kier alpha value is -2.52. The van der Waals surface area contributed by atoms with E-state index < -0.39 is 23.1 Å². The average molecular weight is 407 g/mol. The normalized spacial score (nSPS) is 23.0. The molecule has 2 fully saturated rings. The predicted molar refractivity (Wildman–Crippen MR) is 98.5 cm³/mol. The third-order valence-electron chi connectivity index (χ3n) is 5.59. The summed E-state index contributed by atoms with van der Waals surface area (Å²) in [5, 5.41) is 2.84. The average Bonchev–Trinajstić information content (AvgIpc) is 3.37. The minimum atomic E-state index is -0.876. The van der Waals surface area contributed by atoms with Crippen LogP contribution in [0.4, 0.5) is 8.78 Å². The Kier molecular flexibility index (Phi) is 5.51. The summed E-state index contributed by atoms with van der Waals surface area (Å²) in [6.45, 7) is 1.85. The molecule has 3 aliphatic rings. The number of carbonyl (C=O) groups excluding carboxylic acids is 2. The fourth-order valence-corrected chi connectivity index (χ4v) is 3.87. The van der Waals surface area contributed by atoms with Crippen molar-refractivity contribution >= 4 is 11.8 Å². The van der Waals surface area contributed by atoms with Crippen molar-refractivity contribution in [3.63, 3.8) is 0 Å². The second kappa shape index (κ2) is 8.08. The number of nitrogens with one attached hydrogen (secondary N) is 2. The van der Waals surface area contributed by atoms with Crippen LogP contribution in [-0.4, -0.2) is 54.7 Å². The van der Waals surface area contributed by atoms with Gasteiger partial charge in [-0.1, -0.05) is 0 Å². The molecular weight excluding hydrogens is 384 g/mol. The van der Waals surface area contributed by atoms with Crippen LogP contribution in [0.5, 0.6) is 0 Å². The van der Waals surface area contributed by atoms with Gasteiger partial charge in [0, 0.05) is 45.1 Å². The Morgan fingerprint density at radius 1 is 1.28 bits per heavy atom. The summed E-state index contributed by atoms with van der Waals surface area (Å²) >= 11 is 0. The van der Waals surface area contributed by atoms with Crippen LogP contribution >= 0.6 is 0 Å². The molecule has 1 aromatic rings. The van der Waals surface area contributed by atoms with Crippen LogP contribution in [-0.2, 0) is 14.4 Å². The summed E-state index contributed by atoms with van der Waals surface area (Å²) in [5.41, 5.74) is 2.19. The first-order valence-corrected chi connectivity index (χ1v) is 9.77. The molecule has 0 aliphatic carbocycles. The molecule has 156 valence electrons. The van der Waals surface area contributed by atoms with Crippen LogP contribution in [0.15, 0.2) is 30.0 Å². The molecule has 0 saturated carbocycles. The lowest BCUT2D eigenvalue weighted by Crippen LogP contribution is -2.46. The molecule has 7 nitrogen and oxygen atoms in total. The molecule has 2 saturated heterocycles. The number of hydroxylamine groups is 1. The lowest BCUT2D eigenvalue weighted by molar-refractivity contribution is -0.120. The van der Waals surface area contributed by atoms with Crippen molar-refractivity contribution in [2.24, 2.45) is 0 Å². The van der Waals surface area contributed by atoms with Crippen LogP contribution in [0, 0.1) is 11.6 Å². The van der Waals surface area contributed by atoms with Crippen LogP contribution < -0.4 is 10.8 Å². The van der Waals surface area contributed by atoms with E-state index in [9.17, 15) is 18.4 Å². The van der Waals surface area contributed by atoms with E-state index in [1.807, 2.05) is 0 Å². The zero-order valence-corrected chi connectivity index (χ0v) is 15.9. The lowest BCUT2D eigenvalue weighted by atomic mass is 9.90. The van der Waals surface area contributed by atoms with E-state index in [-0.39, 0.29) is 17.6 Å². The van der Waals surface area contributed by atoms with Crippen molar-refractivity contribution in [1.29, 1.82) is 0 Å². The highest BCUT2D eigenvalue weighted by Crippen LogP contribution is 2.32. The topological polar surface area (TPSA) is 79.9 Å². The number of amides is 2. The molecule has 4 rings (SSSR count). The van der Waals surface area contributed by atoms with Gasteiger partial charge in [0.25, 0.3) is 11.8 Å². The van der Waals surface area contributed by atoms with E-state index >= 15 is 0 Å². The number of rotatable bonds is 4. The van der Waals surface area contributed by atoms with Crippen molar-refractivity contribution in [2.45, 2.75) is 37.4 Å². The van der Waals surface area contributed by atoms with Gasteiger partial charge in [0.05, 0.1) is 11.7 Å². The monoisotopic (exact) mass is 407 g/mol. The number of likely N-dealkylation sites (tertiary alicyclic amines) is 1. The van der Waals surface area contributed by atoms with Gasteiger partial charge in [-0.25, -0.2) is 8.78 Å². The van der Waals surface area contributed by atoms with Crippen molar-refractivity contribution in [3.05, 3.63) is 47.2 Å². The number of carbonyl (C=O) groups is 2. The Morgan fingerprint density at radius 3 is 2.76 bits per heavy atom. The van der Waals surface area contributed by atoms with E-state index in [1.165, 1.54) is 4.90 Å². The van der Waals surface area contributed by atoms with Gasteiger partial charge >= 0.3 is 0 Å². The van der Waals surface area contributed by atoms with Gasteiger partial charge in [0.2, 0.25) is 0 Å². The molecule has 2 amide bonds. The van der Waals surface area contributed by atoms with Crippen molar-refractivity contribution in [2.75, 3.05) is 26.2 Å². The van der Waals surface area contributed by atoms with E-state index in [2.05, 4.69) is 10.8 Å². The van der Waals surface area contributed by atoms with Crippen molar-refractivity contribution in [1.82, 2.24) is 15.7 Å². The molecule has 1 spiro atoms. The zero-order valence-electron chi connectivity index (χ0n) is 15.9. The Labute approximate surface area is 167 Å². The fourth-order valence-electron chi connectivity index (χ4n) is 3.87. The molecule has 3 heterocycles. The molecule has 9 heteroatoms. The molecule has 0 radical (unpaired) electrons. The zero-order chi connectivity index (χ0) is 20.4. The molecule has 0 aromatic heterocycles. The van der Waals surface area contributed by atoms with Crippen LogP contribution in [0.3, 0.4) is 0 Å². The molecule has 2 N–H and O–H groups in total. The quantitative estimate of drug-likeness (QED) is 0.794. The SMILES string of the molecule is O=C(NCC1CCCO1)C1=CC2(CCN(C(=O)c3ccc(F)cc3F)CC2)ON1. The van der Waals surface area contributed by atoms with Gasteiger partial charge in [-0.3, -0.25) is 19.9 Å². The second-order valence-electron chi connectivity index (χ2n) is 7.59. The smallest absolute Gasteiger partial charge is 0.269 e. The molecule has 3 aliphatic heterocycles. The summed E-state index contributed by atoms with van der Waals surface area (Å²) in [5.74, 6) is -2.34. The lowest BCUT2D eigenvalue weighted by Gasteiger charge is -2.36. The molecule has 0 bridgehead atoms. The van der Waals surface area contributed by atoms with Gasteiger partial charge in [0.15, 0.2) is 0 Å². The van der Waals surface area contributed by atoms with E-state index in [0.717, 1.165) is 31.6 Å². The van der Waals surface area contributed by atoms with Crippen molar-refractivity contribution in [3.8, 4) is 0 Å². The predicted octanol–water partition coefficient (Wildman–Crippen LogP) is 1.65. The number of ether oxygens (including phenoxy) is 1. The number of piperidine rings is 1. The maximum absolute atomic E-state index is 13.9. The summed E-state index contributed by atoms with van der Waals surface area (Å²) in [7, 11) is 0.